The Morgan fingerprint density at radius 2 is 2.12 bits per heavy atom. The van der Waals surface area contributed by atoms with Crippen molar-refractivity contribution >= 4 is 17.5 Å². The molecule has 0 aromatic rings. The number of nitrogens with one attached hydrogen (secondary N) is 3. The zero-order valence-corrected chi connectivity index (χ0v) is 9.66. The van der Waals surface area contributed by atoms with Gasteiger partial charge in [0.15, 0.2) is 11.6 Å². The van der Waals surface area contributed by atoms with Crippen molar-refractivity contribution in [3.63, 3.8) is 0 Å². The molecular formula is C10H16N4O3. The van der Waals surface area contributed by atoms with E-state index >= 15 is 0 Å². The van der Waals surface area contributed by atoms with Gasteiger partial charge in [-0.2, -0.15) is 0 Å². The SMILES string of the molecule is CC(=O)NNC1C(=O)CCN1C1NCCC1=O. The predicted octanol–water partition coefficient (Wildman–Crippen LogP) is -1.88. The fourth-order valence-electron chi connectivity index (χ4n) is 2.19. The Morgan fingerprint density at radius 1 is 1.35 bits per heavy atom. The fraction of sp³-hybridized carbons (Fsp3) is 0.700. The largest absolute Gasteiger partial charge is 0.296 e. The van der Waals surface area contributed by atoms with Gasteiger partial charge in [-0.3, -0.25) is 30.0 Å². The monoisotopic (exact) mass is 240 g/mol. The first-order chi connectivity index (χ1) is 8.09. The van der Waals surface area contributed by atoms with Gasteiger partial charge in [0.2, 0.25) is 5.91 Å². The van der Waals surface area contributed by atoms with Gasteiger partial charge in [-0.25, -0.2) is 5.43 Å². The molecule has 94 valence electrons. The van der Waals surface area contributed by atoms with E-state index in [1.165, 1.54) is 6.92 Å². The molecule has 2 saturated heterocycles. The van der Waals surface area contributed by atoms with Crippen molar-refractivity contribution in [2.45, 2.75) is 32.1 Å². The van der Waals surface area contributed by atoms with Crippen molar-refractivity contribution < 1.29 is 14.4 Å². The summed E-state index contributed by atoms with van der Waals surface area (Å²) in [6.07, 6.45) is -0.142. The maximum absolute atomic E-state index is 11.7. The second-order valence-electron chi connectivity index (χ2n) is 4.26. The third-order valence-corrected chi connectivity index (χ3v) is 2.98. The Morgan fingerprint density at radius 3 is 2.71 bits per heavy atom. The van der Waals surface area contributed by atoms with E-state index < -0.39 is 12.3 Å². The number of hydrazine groups is 1. The molecule has 7 heteroatoms. The molecule has 2 unspecified atom stereocenters. The molecule has 0 saturated carbocycles. The van der Waals surface area contributed by atoms with Crippen LogP contribution in [-0.4, -0.2) is 47.8 Å². The topological polar surface area (TPSA) is 90.5 Å². The number of likely N-dealkylation sites (tertiary alicyclic amines) is 1. The molecule has 2 aliphatic heterocycles. The molecule has 0 bridgehead atoms. The maximum atomic E-state index is 11.7. The summed E-state index contributed by atoms with van der Waals surface area (Å²) >= 11 is 0. The van der Waals surface area contributed by atoms with Gasteiger partial charge in [0, 0.05) is 32.9 Å². The number of rotatable bonds is 3. The predicted molar refractivity (Wildman–Crippen MR) is 58.5 cm³/mol. The van der Waals surface area contributed by atoms with Crippen LogP contribution in [0.2, 0.25) is 0 Å². The highest BCUT2D eigenvalue weighted by molar-refractivity contribution is 5.90. The summed E-state index contributed by atoms with van der Waals surface area (Å²) in [6, 6.07) is 0. The van der Waals surface area contributed by atoms with E-state index in [2.05, 4.69) is 16.2 Å². The Labute approximate surface area is 98.9 Å². The van der Waals surface area contributed by atoms with E-state index in [4.69, 9.17) is 0 Å². The maximum Gasteiger partial charge on any atom is 0.231 e. The average Bonchev–Trinajstić information content (AvgIpc) is 2.82. The number of Topliss-reactive ketones (excluding diaryl/α,β-unsaturated/α-hetero) is 2. The number of hydrogen-bond acceptors (Lipinski definition) is 6. The molecule has 2 rings (SSSR count). The number of carbonyl (C=O) groups is 3. The molecule has 0 radical (unpaired) electrons. The van der Waals surface area contributed by atoms with Gasteiger partial charge in [0.05, 0.1) is 0 Å². The number of ketones is 2. The molecular weight excluding hydrogens is 224 g/mol. The van der Waals surface area contributed by atoms with Crippen LogP contribution in [0.15, 0.2) is 0 Å². The minimum Gasteiger partial charge on any atom is -0.296 e. The Kier molecular flexibility index (Phi) is 3.51. The van der Waals surface area contributed by atoms with Crippen molar-refractivity contribution in [2.75, 3.05) is 13.1 Å². The van der Waals surface area contributed by atoms with Crippen LogP contribution in [0.1, 0.15) is 19.8 Å². The summed E-state index contributed by atoms with van der Waals surface area (Å²) in [7, 11) is 0. The highest BCUT2D eigenvalue weighted by Crippen LogP contribution is 2.17. The van der Waals surface area contributed by atoms with E-state index in [9.17, 15) is 14.4 Å². The number of carbonyl (C=O) groups excluding carboxylic acids is 3. The standard InChI is InChI=1S/C10H16N4O3/c1-6(15)12-13-10-8(17)3-5-14(10)9-7(16)2-4-11-9/h9-11,13H,2-5H2,1H3,(H,12,15). The number of amides is 1. The van der Waals surface area contributed by atoms with Crippen molar-refractivity contribution in [1.29, 1.82) is 0 Å². The lowest BCUT2D eigenvalue weighted by molar-refractivity contribution is -0.126. The molecule has 3 N–H and O–H groups in total. The summed E-state index contributed by atoms with van der Waals surface area (Å²) < 4.78 is 0. The van der Waals surface area contributed by atoms with Crippen LogP contribution in [-0.2, 0) is 14.4 Å². The summed E-state index contributed by atoms with van der Waals surface area (Å²) in [5.74, 6) is -0.190. The highest BCUT2D eigenvalue weighted by Gasteiger charge is 2.41. The molecule has 0 aliphatic carbocycles. The summed E-state index contributed by atoms with van der Waals surface area (Å²) in [5, 5.41) is 3.06. The Bertz CT molecular complexity index is 357. The Balaban J connectivity index is 2.02. The van der Waals surface area contributed by atoms with E-state index in [-0.39, 0.29) is 17.5 Å². The van der Waals surface area contributed by atoms with Gasteiger partial charge in [-0.15, -0.1) is 0 Å². The molecule has 0 aromatic carbocycles. The molecule has 0 aromatic heterocycles. The van der Waals surface area contributed by atoms with Gasteiger partial charge < -0.3 is 0 Å². The number of nitrogens with zero attached hydrogens (tertiary/aromatic N) is 1. The quantitative estimate of drug-likeness (QED) is 0.500. The average molecular weight is 240 g/mol. The number of hydrogen-bond donors (Lipinski definition) is 3. The molecule has 2 aliphatic rings. The minimum atomic E-state index is -0.613. The lowest BCUT2D eigenvalue weighted by atomic mass is 10.2. The van der Waals surface area contributed by atoms with E-state index in [1.807, 2.05) is 0 Å². The summed E-state index contributed by atoms with van der Waals surface area (Å²) in [6.45, 7) is 2.52. The summed E-state index contributed by atoms with van der Waals surface area (Å²) in [5.41, 5.74) is 5.06. The van der Waals surface area contributed by atoms with Crippen LogP contribution in [0.4, 0.5) is 0 Å². The van der Waals surface area contributed by atoms with Gasteiger partial charge in [0.25, 0.3) is 0 Å². The zero-order chi connectivity index (χ0) is 12.4. The first-order valence-electron chi connectivity index (χ1n) is 5.66. The normalized spacial score (nSPS) is 29.9. The van der Waals surface area contributed by atoms with Crippen molar-refractivity contribution in [1.82, 2.24) is 21.1 Å². The van der Waals surface area contributed by atoms with Crippen LogP contribution >= 0.6 is 0 Å². The third kappa shape index (κ3) is 2.51. The molecule has 17 heavy (non-hydrogen) atoms. The van der Waals surface area contributed by atoms with Crippen molar-refractivity contribution in [3.8, 4) is 0 Å². The van der Waals surface area contributed by atoms with Gasteiger partial charge in [-0.05, 0) is 0 Å². The first-order valence-corrected chi connectivity index (χ1v) is 5.66. The molecule has 1 amide bonds. The van der Waals surface area contributed by atoms with Crippen LogP contribution < -0.4 is 16.2 Å². The van der Waals surface area contributed by atoms with Gasteiger partial charge in [0.1, 0.15) is 12.3 Å². The summed E-state index contributed by atoms with van der Waals surface area (Å²) in [4.78, 5) is 35.9. The van der Waals surface area contributed by atoms with Crippen LogP contribution in [0.5, 0.6) is 0 Å². The second kappa shape index (κ2) is 4.91. The van der Waals surface area contributed by atoms with E-state index in [0.29, 0.717) is 25.9 Å². The van der Waals surface area contributed by atoms with Crippen LogP contribution in [0.25, 0.3) is 0 Å². The molecule has 2 fully saturated rings. The van der Waals surface area contributed by atoms with Gasteiger partial charge in [-0.1, -0.05) is 0 Å². The van der Waals surface area contributed by atoms with Crippen molar-refractivity contribution in [2.24, 2.45) is 0 Å². The van der Waals surface area contributed by atoms with Gasteiger partial charge >= 0.3 is 0 Å². The van der Waals surface area contributed by atoms with Crippen molar-refractivity contribution in [3.05, 3.63) is 0 Å². The zero-order valence-electron chi connectivity index (χ0n) is 9.66. The minimum absolute atomic E-state index is 0.0137. The smallest absolute Gasteiger partial charge is 0.231 e. The molecule has 7 nitrogen and oxygen atoms in total. The van der Waals surface area contributed by atoms with Crippen LogP contribution in [0.3, 0.4) is 0 Å². The third-order valence-electron chi connectivity index (χ3n) is 2.98. The second-order valence-corrected chi connectivity index (χ2v) is 4.26. The fourth-order valence-corrected chi connectivity index (χ4v) is 2.19. The molecule has 2 heterocycles. The molecule has 0 spiro atoms. The highest BCUT2D eigenvalue weighted by atomic mass is 16.2. The van der Waals surface area contributed by atoms with Crippen LogP contribution in [0, 0.1) is 0 Å². The van der Waals surface area contributed by atoms with E-state index in [1.54, 1.807) is 4.90 Å². The lowest BCUT2D eigenvalue weighted by Gasteiger charge is -2.28. The molecule has 2 atom stereocenters. The van der Waals surface area contributed by atoms with E-state index in [0.717, 1.165) is 0 Å². The Hall–Kier alpha value is -1.31. The lowest BCUT2D eigenvalue weighted by Crippen LogP contribution is -2.58. The first kappa shape index (κ1) is 12.2.